The molecule has 0 unspecified atom stereocenters. The van der Waals surface area contributed by atoms with Gasteiger partial charge in [-0.25, -0.2) is 22.0 Å². The normalized spacial score (nSPS) is 11.4. The zero-order chi connectivity index (χ0) is 13.7. The van der Waals surface area contributed by atoms with Crippen molar-refractivity contribution in [2.45, 2.75) is 0 Å². The molecule has 0 saturated carbocycles. The fraction of sp³-hybridized carbons (Fsp3) is 0.273. The Balaban J connectivity index is 2.96. The van der Waals surface area contributed by atoms with E-state index in [4.69, 9.17) is 5.11 Å². The van der Waals surface area contributed by atoms with E-state index in [1.54, 1.807) is 5.32 Å². The third kappa shape index (κ3) is 3.05. The third-order valence-electron chi connectivity index (χ3n) is 2.16. The van der Waals surface area contributed by atoms with E-state index >= 15 is 0 Å². The van der Waals surface area contributed by atoms with Crippen LogP contribution >= 0.6 is 0 Å². The molecule has 0 aliphatic carbocycles. The van der Waals surface area contributed by atoms with Gasteiger partial charge in [-0.15, -0.1) is 0 Å². The van der Waals surface area contributed by atoms with E-state index in [1.807, 2.05) is 0 Å². The van der Waals surface area contributed by atoms with Crippen molar-refractivity contribution < 1.29 is 32.4 Å². The SMILES string of the molecule is OCC[NH2+]C/C=C/c1c(F)c(F)c(F)c(F)c1F. The number of aliphatic hydroxyl groups excluding tert-OH is 1. The topological polar surface area (TPSA) is 36.8 Å². The first-order chi connectivity index (χ1) is 8.50. The van der Waals surface area contributed by atoms with E-state index in [1.165, 1.54) is 6.08 Å². The average Bonchev–Trinajstić information content (AvgIpc) is 2.37. The van der Waals surface area contributed by atoms with Crippen molar-refractivity contribution in [1.82, 2.24) is 0 Å². The first kappa shape index (κ1) is 14.6. The van der Waals surface area contributed by atoms with Crippen LogP contribution in [-0.4, -0.2) is 24.8 Å². The molecule has 0 heterocycles. The predicted octanol–water partition coefficient (Wildman–Crippen LogP) is 0.951. The molecular weight excluding hydrogens is 257 g/mol. The molecule has 0 atom stereocenters. The molecule has 0 aliphatic heterocycles. The van der Waals surface area contributed by atoms with Crippen LogP contribution in [0, 0.1) is 29.1 Å². The lowest BCUT2D eigenvalue weighted by Crippen LogP contribution is -2.84. The Morgan fingerprint density at radius 1 is 0.889 bits per heavy atom. The molecule has 1 aromatic carbocycles. The first-order valence-corrected chi connectivity index (χ1v) is 5.11. The van der Waals surface area contributed by atoms with Crippen LogP contribution in [0.15, 0.2) is 6.08 Å². The van der Waals surface area contributed by atoms with Crippen molar-refractivity contribution in [2.75, 3.05) is 19.7 Å². The van der Waals surface area contributed by atoms with E-state index in [2.05, 4.69) is 0 Å². The van der Waals surface area contributed by atoms with Gasteiger partial charge in [-0.1, -0.05) is 0 Å². The molecule has 0 amide bonds. The van der Waals surface area contributed by atoms with E-state index in [0.29, 0.717) is 6.54 Å². The Bertz CT molecular complexity index is 432. The van der Waals surface area contributed by atoms with Crippen LogP contribution in [-0.2, 0) is 0 Å². The molecule has 0 aliphatic rings. The summed E-state index contributed by atoms with van der Waals surface area (Å²) in [6, 6.07) is 0. The van der Waals surface area contributed by atoms with Gasteiger partial charge in [-0.3, -0.25) is 0 Å². The molecular formula is C11H11F5NO+. The molecule has 1 rings (SSSR count). The molecule has 7 heteroatoms. The Morgan fingerprint density at radius 3 is 1.89 bits per heavy atom. The maximum Gasteiger partial charge on any atom is 0.200 e. The van der Waals surface area contributed by atoms with Crippen LogP contribution in [0.1, 0.15) is 5.56 Å². The van der Waals surface area contributed by atoms with E-state index in [9.17, 15) is 22.0 Å². The standard InChI is InChI=1S/C11H10F5NO/c12-7-6(2-1-3-17-4-5-18)8(13)10(15)11(16)9(7)14/h1-2,17-18H,3-5H2/p+1/b2-1+. The van der Waals surface area contributed by atoms with Gasteiger partial charge in [0.25, 0.3) is 0 Å². The zero-order valence-electron chi connectivity index (χ0n) is 9.19. The minimum atomic E-state index is -2.17. The highest BCUT2D eigenvalue weighted by molar-refractivity contribution is 5.51. The molecule has 0 radical (unpaired) electrons. The van der Waals surface area contributed by atoms with Gasteiger partial charge in [0.2, 0.25) is 5.82 Å². The fourth-order valence-electron chi connectivity index (χ4n) is 1.26. The highest BCUT2D eigenvalue weighted by Crippen LogP contribution is 2.23. The number of aliphatic hydroxyl groups is 1. The van der Waals surface area contributed by atoms with Crippen LogP contribution in [0.4, 0.5) is 22.0 Å². The molecule has 0 bridgehead atoms. The predicted molar refractivity (Wildman–Crippen MR) is 54.0 cm³/mol. The third-order valence-corrected chi connectivity index (χ3v) is 2.16. The summed E-state index contributed by atoms with van der Waals surface area (Å²) in [5, 5.41) is 10.1. The van der Waals surface area contributed by atoms with Gasteiger partial charge >= 0.3 is 0 Å². The lowest BCUT2D eigenvalue weighted by molar-refractivity contribution is -0.647. The summed E-state index contributed by atoms with van der Waals surface area (Å²) in [6.07, 6.45) is 2.07. The van der Waals surface area contributed by atoms with Gasteiger partial charge < -0.3 is 10.4 Å². The molecule has 0 fully saturated rings. The summed E-state index contributed by atoms with van der Waals surface area (Å²) in [7, 11) is 0. The summed E-state index contributed by atoms with van der Waals surface area (Å²) in [5.41, 5.74) is -0.969. The molecule has 0 aromatic heterocycles. The molecule has 1 aromatic rings. The Hall–Kier alpha value is -1.47. The van der Waals surface area contributed by atoms with Crippen molar-refractivity contribution in [1.29, 1.82) is 0 Å². The van der Waals surface area contributed by atoms with Crippen LogP contribution < -0.4 is 5.32 Å². The molecule has 2 nitrogen and oxygen atoms in total. The minimum absolute atomic E-state index is 0.0730. The molecule has 0 saturated heterocycles. The number of benzene rings is 1. The highest BCUT2D eigenvalue weighted by atomic mass is 19.2. The van der Waals surface area contributed by atoms with Crippen molar-refractivity contribution in [2.24, 2.45) is 0 Å². The second-order valence-electron chi connectivity index (χ2n) is 3.42. The van der Waals surface area contributed by atoms with Crippen molar-refractivity contribution >= 4 is 6.08 Å². The Labute approximate surface area is 99.7 Å². The van der Waals surface area contributed by atoms with Crippen LogP contribution in [0.5, 0.6) is 0 Å². The van der Waals surface area contributed by atoms with E-state index in [0.717, 1.165) is 6.08 Å². The quantitative estimate of drug-likeness (QED) is 0.355. The van der Waals surface area contributed by atoms with E-state index in [-0.39, 0.29) is 13.2 Å². The number of hydrogen-bond donors (Lipinski definition) is 2. The lowest BCUT2D eigenvalue weighted by atomic mass is 10.1. The van der Waals surface area contributed by atoms with Crippen molar-refractivity contribution in [3.05, 3.63) is 40.7 Å². The van der Waals surface area contributed by atoms with Gasteiger partial charge in [-0.05, 0) is 12.2 Å². The minimum Gasteiger partial charge on any atom is -0.391 e. The number of nitrogens with two attached hydrogens (primary N) is 1. The first-order valence-electron chi connectivity index (χ1n) is 5.11. The fourth-order valence-corrected chi connectivity index (χ4v) is 1.26. The van der Waals surface area contributed by atoms with Gasteiger partial charge in [0.15, 0.2) is 23.3 Å². The van der Waals surface area contributed by atoms with Crippen LogP contribution in [0.25, 0.3) is 6.08 Å². The Kier molecular flexibility index (Phi) is 5.24. The second-order valence-corrected chi connectivity index (χ2v) is 3.42. The monoisotopic (exact) mass is 268 g/mol. The number of rotatable bonds is 5. The van der Waals surface area contributed by atoms with Crippen LogP contribution in [0.2, 0.25) is 0 Å². The smallest absolute Gasteiger partial charge is 0.200 e. The largest absolute Gasteiger partial charge is 0.391 e. The summed E-state index contributed by atoms with van der Waals surface area (Å²) in [6.45, 7) is 0.553. The maximum absolute atomic E-state index is 13.2. The summed E-state index contributed by atoms with van der Waals surface area (Å²) in [5.74, 6) is -9.82. The van der Waals surface area contributed by atoms with Crippen LogP contribution in [0.3, 0.4) is 0 Å². The van der Waals surface area contributed by atoms with Gasteiger partial charge in [0.05, 0.1) is 25.3 Å². The second kappa shape index (κ2) is 6.46. The Morgan fingerprint density at radius 2 is 1.39 bits per heavy atom. The maximum atomic E-state index is 13.2. The van der Waals surface area contributed by atoms with Gasteiger partial charge in [-0.2, -0.15) is 0 Å². The molecule has 100 valence electrons. The average molecular weight is 268 g/mol. The summed E-state index contributed by atoms with van der Waals surface area (Å²) < 4.78 is 64.6. The molecule has 3 N–H and O–H groups in total. The van der Waals surface area contributed by atoms with Crippen molar-refractivity contribution in [3.8, 4) is 0 Å². The van der Waals surface area contributed by atoms with Gasteiger partial charge in [0, 0.05) is 0 Å². The lowest BCUT2D eigenvalue weighted by Gasteiger charge is -2.04. The highest BCUT2D eigenvalue weighted by Gasteiger charge is 2.23. The van der Waals surface area contributed by atoms with Crippen molar-refractivity contribution in [3.63, 3.8) is 0 Å². The molecule has 0 spiro atoms. The zero-order valence-corrected chi connectivity index (χ0v) is 9.19. The molecule has 18 heavy (non-hydrogen) atoms. The van der Waals surface area contributed by atoms with E-state index < -0.39 is 34.6 Å². The van der Waals surface area contributed by atoms with Gasteiger partial charge in [0.1, 0.15) is 0 Å². The summed E-state index contributed by atoms with van der Waals surface area (Å²) in [4.78, 5) is 0. The number of halogens is 5. The number of quaternary nitrogens is 1. The number of hydrogen-bond acceptors (Lipinski definition) is 1. The summed E-state index contributed by atoms with van der Waals surface area (Å²) >= 11 is 0.